The Morgan fingerprint density at radius 2 is 0.745 bits per heavy atom. The van der Waals surface area contributed by atoms with E-state index in [0.29, 0.717) is 24.8 Å². The number of nitrogens with zero attached hydrogens (tertiary/aromatic N) is 4. The van der Waals surface area contributed by atoms with E-state index >= 15 is 0 Å². The molecule has 0 bridgehead atoms. The van der Waals surface area contributed by atoms with Gasteiger partial charge in [0.05, 0.1) is 0 Å². The monoisotopic (exact) mass is 894 g/mol. The summed E-state index contributed by atoms with van der Waals surface area (Å²) in [7, 11) is 14.8. The first kappa shape index (κ1) is 59.1. The van der Waals surface area contributed by atoms with Crippen molar-refractivity contribution in [2.75, 3.05) is 63.0 Å². The standard InChI is InChI=1S/2C15H24O.2C5H13N3.C5H7O.Nd/c2*1-10-8-11(14(2,3)4)13(16)12(9-10)15(5,6)7;2*1-7(2)5(6)8(3)4;1-2-3-4-5-6;/h2*8-9,16H,1-7H3;2*6H,1-4H3;1H,3-5H2;/q;;;;-1;+3/p-2. The van der Waals surface area contributed by atoms with Gasteiger partial charge in [-0.05, 0) is 57.8 Å². The molecule has 2 N–H and O–H groups in total. The predicted molar refractivity (Wildman–Crippen MR) is 229 cm³/mol. The minimum atomic E-state index is -0.0803. The van der Waals surface area contributed by atoms with Gasteiger partial charge in [0.25, 0.3) is 0 Å². The third-order valence-electron chi connectivity index (χ3n) is 7.86. The van der Waals surface area contributed by atoms with Gasteiger partial charge in [-0.15, -0.1) is 30.4 Å². The van der Waals surface area contributed by atoms with E-state index in [2.05, 4.69) is 103 Å². The molecule has 0 aliphatic rings. The van der Waals surface area contributed by atoms with E-state index in [9.17, 15) is 15.3 Å². The molecule has 55 heavy (non-hydrogen) atoms. The van der Waals surface area contributed by atoms with Crippen molar-refractivity contribution in [2.45, 2.75) is 131 Å². The molecule has 311 valence electrons. The molecule has 0 atom stereocenters. The first-order valence-electron chi connectivity index (χ1n) is 18.6. The summed E-state index contributed by atoms with van der Waals surface area (Å²) in [5, 5.41) is 48.9. The van der Waals surface area contributed by atoms with Crippen LogP contribution in [0.1, 0.15) is 129 Å². The molecule has 0 saturated carbocycles. The molecule has 0 aliphatic carbocycles. The van der Waals surface area contributed by atoms with Crippen molar-refractivity contribution in [3.05, 3.63) is 57.6 Å². The number of benzene rings is 2. The van der Waals surface area contributed by atoms with Crippen LogP contribution in [0.4, 0.5) is 0 Å². The van der Waals surface area contributed by atoms with Gasteiger partial charge in [0.15, 0.2) is 11.9 Å². The van der Waals surface area contributed by atoms with Gasteiger partial charge in [-0.3, -0.25) is 10.8 Å². The summed E-state index contributed by atoms with van der Waals surface area (Å²) in [6.07, 6.45) is 6.08. The molecule has 0 amide bonds. The number of hydrogen-bond donors (Lipinski definition) is 2. The van der Waals surface area contributed by atoms with E-state index in [1.165, 1.54) is 11.1 Å². The van der Waals surface area contributed by atoms with Crippen LogP contribution in [0.25, 0.3) is 0 Å². The maximum Gasteiger partial charge on any atom is 3.00 e. The van der Waals surface area contributed by atoms with Crippen molar-refractivity contribution < 1.29 is 56.2 Å². The normalized spacial score (nSPS) is 10.8. The minimum absolute atomic E-state index is 0. The second-order valence-electron chi connectivity index (χ2n) is 18.6. The zero-order valence-electron chi connectivity index (χ0n) is 39.0. The fourth-order valence-corrected chi connectivity index (χ4v) is 4.75. The Bertz CT molecular complexity index is 1290. The molecular formula is C45H79N6NdO3. The van der Waals surface area contributed by atoms with Crippen LogP contribution in [0, 0.1) is 77.8 Å². The fourth-order valence-electron chi connectivity index (χ4n) is 4.75. The average molecular weight is 896 g/mol. The molecule has 0 aliphatic heterocycles. The average Bonchev–Trinajstić information content (AvgIpc) is 3.00. The molecular weight excluding hydrogens is 817 g/mol. The molecule has 9 nitrogen and oxygen atoms in total. The Labute approximate surface area is 371 Å². The molecule has 0 heterocycles. The molecule has 10 heteroatoms. The molecule has 0 aromatic heterocycles. The predicted octanol–water partition coefficient (Wildman–Crippen LogP) is 7.18. The summed E-state index contributed by atoms with van der Waals surface area (Å²) < 4.78 is 0. The number of hydrogen-bond acceptors (Lipinski definition) is 5. The van der Waals surface area contributed by atoms with Gasteiger partial charge in [0.2, 0.25) is 0 Å². The van der Waals surface area contributed by atoms with Crippen LogP contribution in [0.15, 0.2) is 24.3 Å². The second-order valence-corrected chi connectivity index (χ2v) is 18.6. The summed E-state index contributed by atoms with van der Waals surface area (Å²) in [6, 6.07) is 8.10. The van der Waals surface area contributed by atoms with E-state index in [4.69, 9.17) is 17.2 Å². The van der Waals surface area contributed by atoms with Crippen LogP contribution in [0.5, 0.6) is 11.5 Å². The number of guanidine groups is 2. The van der Waals surface area contributed by atoms with Crippen molar-refractivity contribution in [3.63, 3.8) is 0 Å². The van der Waals surface area contributed by atoms with Crippen LogP contribution in [-0.2, 0) is 21.7 Å². The maximum atomic E-state index is 12.4. The maximum absolute atomic E-state index is 12.4. The zero-order chi connectivity index (χ0) is 43.7. The molecule has 0 saturated heterocycles. The van der Waals surface area contributed by atoms with Crippen LogP contribution >= 0.6 is 0 Å². The van der Waals surface area contributed by atoms with Crippen molar-refractivity contribution in [1.29, 1.82) is 10.8 Å². The van der Waals surface area contributed by atoms with Gasteiger partial charge >= 0.3 is 40.8 Å². The van der Waals surface area contributed by atoms with Gasteiger partial charge in [-0.1, -0.05) is 125 Å². The molecule has 2 rings (SSSR count). The van der Waals surface area contributed by atoms with Gasteiger partial charge in [-0.25, -0.2) is 0 Å². The van der Waals surface area contributed by atoms with Gasteiger partial charge in [0.1, 0.15) is 0 Å². The third-order valence-corrected chi connectivity index (χ3v) is 7.86. The zero-order valence-corrected chi connectivity index (χ0v) is 42.2. The van der Waals surface area contributed by atoms with Crippen molar-refractivity contribution in [3.8, 4) is 23.8 Å². The number of terminal acetylenes is 1. The van der Waals surface area contributed by atoms with Gasteiger partial charge in [-0.2, -0.15) is 0 Å². The summed E-state index contributed by atoms with van der Waals surface area (Å²) >= 11 is 0. The molecule has 2 aromatic rings. The summed E-state index contributed by atoms with van der Waals surface area (Å²) in [6.45, 7) is 29.2. The fraction of sp³-hybridized carbons (Fsp3) is 0.644. The molecule has 0 spiro atoms. The topological polar surface area (TPSA) is 130 Å². The van der Waals surface area contributed by atoms with Crippen molar-refractivity contribution >= 4 is 11.9 Å². The van der Waals surface area contributed by atoms with Crippen LogP contribution in [0.3, 0.4) is 0 Å². The SMILES string of the molecule is C#CCCC[O-].CN(C)C(=N)N(C)C.CN(C)C(=N)N(C)C.Cc1cc(C(C)(C)C)c([O-])c(C(C)(C)C)c1.Cc1cc(C(C)(C)C)c([O-])c(C(C)(C)C)c1.[Nd+3]. The summed E-state index contributed by atoms with van der Waals surface area (Å²) in [5.74, 6) is 3.83. The van der Waals surface area contributed by atoms with Gasteiger partial charge in [0, 0.05) is 62.8 Å². The molecule has 1 radical (unpaired) electrons. The van der Waals surface area contributed by atoms with Crippen LogP contribution in [-0.4, -0.2) is 94.5 Å². The molecule has 0 fully saturated rings. The van der Waals surface area contributed by atoms with E-state index < -0.39 is 0 Å². The first-order valence-corrected chi connectivity index (χ1v) is 18.6. The van der Waals surface area contributed by atoms with E-state index in [1.54, 1.807) is 19.6 Å². The number of rotatable bonds is 2. The largest absolute Gasteiger partial charge is 3.00 e. The number of nitrogens with one attached hydrogen (secondary N) is 2. The van der Waals surface area contributed by atoms with Crippen LogP contribution in [0.2, 0.25) is 0 Å². The van der Waals surface area contributed by atoms with E-state index in [1.807, 2.05) is 80.6 Å². The Morgan fingerprint density at radius 3 is 0.836 bits per heavy atom. The number of aryl methyl sites for hydroxylation is 2. The van der Waals surface area contributed by atoms with Crippen LogP contribution < -0.4 is 15.3 Å². The Kier molecular flexibility index (Phi) is 27.6. The Hall–Kier alpha value is -2.55. The Balaban J connectivity index is -0.000000311. The summed E-state index contributed by atoms with van der Waals surface area (Å²) in [4.78, 5) is 7.00. The second kappa shape index (κ2) is 25.7. The minimum Gasteiger partial charge on any atom is -0.872 e. The summed E-state index contributed by atoms with van der Waals surface area (Å²) in [5.41, 5.74) is 5.74. The van der Waals surface area contributed by atoms with Crippen molar-refractivity contribution in [1.82, 2.24) is 19.6 Å². The molecule has 0 unspecified atom stereocenters. The quantitative estimate of drug-likeness (QED) is 0.142. The third kappa shape index (κ3) is 24.0. The van der Waals surface area contributed by atoms with Gasteiger partial charge < -0.3 is 34.9 Å². The first-order chi connectivity index (χ1) is 24.1. The smallest absolute Gasteiger partial charge is 0.872 e. The van der Waals surface area contributed by atoms with Crippen molar-refractivity contribution in [2.24, 2.45) is 0 Å². The number of unbranched alkanes of at least 4 members (excludes halogenated alkanes) is 1. The Morgan fingerprint density at radius 1 is 0.545 bits per heavy atom. The molecule has 2 aromatic carbocycles. The van der Waals surface area contributed by atoms with E-state index in [0.717, 1.165) is 22.3 Å². The van der Waals surface area contributed by atoms with E-state index in [-0.39, 0.29) is 80.6 Å².